The molecule has 27 heavy (non-hydrogen) atoms. The predicted octanol–water partition coefficient (Wildman–Crippen LogP) is 2.05. The van der Waals surface area contributed by atoms with Gasteiger partial charge in [0.1, 0.15) is 5.52 Å². The zero-order valence-corrected chi connectivity index (χ0v) is 15.2. The average Bonchev–Trinajstić information content (AvgIpc) is 3.16. The lowest BCUT2D eigenvalue weighted by Crippen LogP contribution is -2.50. The summed E-state index contributed by atoms with van der Waals surface area (Å²) in [7, 11) is 0. The van der Waals surface area contributed by atoms with Crippen molar-refractivity contribution in [3.63, 3.8) is 0 Å². The first-order valence-electron chi connectivity index (χ1n) is 9.14. The smallest absolute Gasteiger partial charge is 0.254 e. The molecule has 0 unspecified atom stereocenters. The fraction of sp³-hybridized carbons (Fsp3) is 0.300. The highest BCUT2D eigenvalue weighted by Crippen LogP contribution is 2.16. The number of fused-ring (bicyclic) bond motifs is 1. The Labute approximate surface area is 157 Å². The minimum Gasteiger partial charge on any atom is -0.335 e. The first-order chi connectivity index (χ1) is 13.2. The van der Waals surface area contributed by atoms with Gasteiger partial charge in [0.2, 0.25) is 0 Å². The molecule has 1 aliphatic heterocycles. The quantitative estimate of drug-likeness (QED) is 0.714. The molecule has 0 saturated carbocycles. The van der Waals surface area contributed by atoms with E-state index in [1.165, 1.54) is 0 Å². The first kappa shape index (κ1) is 17.2. The third-order valence-electron chi connectivity index (χ3n) is 4.94. The van der Waals surface area contributed by atoms with Crippen LogP contribution in [-0.2, 0) is 6.54 Å². The second-order valence-corrected chi connectivity index (χ2v) is 6.56. The molecule has 0 radical (unpaired) electrons. The Balaban J connectivity index is 1.43. The van der Waals surface area contributed by atoms with Crippen molar-refractivity contribution < 1.29 is 9.59 Å². The van der Waals surface area contributed by atoms with Gasteiger partial charge in [0.25, 0.3) is 11.8 Å². The zero-order valence-electron chi connectivity index (χ0n) is 15.2. The molecule has 1 aromatic heterocycles. The molecule has 2 heterocycles. The molecule has 7 heteroatoms. The predicted molar refractivity (Wildman–Crippen MR) is 101 cm³/mol. The molecule has 0 bridgehead atoms. The Kier molecular flexibility index (Phi) is 4.58. The van der Waals surface area contributed by atoms with E-state index in [1.807, 2.05) is 49.4 Å². The molecule has 1 saturated heterocycles. The summed E-state index contributed by atoms with van der Waals surface area (Å²) in [6, 6.07) is 14.7. The van der Waals surface area contributed by atoms with Gasteiger partial charge in [-0.3, -0.25) is 9.59 Å². The van der Waals surface area contributed by atoms with Crippen molar-refractivity contribution in [2.75, 3.05) is 26.2 Å². The molecule has 0 N–H and O–H groups in total. The molecule has 0 spiro atoms. The summed E-state index contributed by atoms with van der Waals surface area (Å²) in [6.07, 6.45) is 0. The number of hydrogen-bond acceptors (Lipinski definition) is 4. The number of aromatic nitrogens is 3. The minimum absolute atomic E-state index is 0.0142. The van der Waals surface area contributed by atoms with E-state index in [2.05, 4.69) is 10.3 Å². The van der Waals surface area contributed by atoms with E-state index in [1.54, 1.807) is 20.5 Å². The van der Waals surface area contributed by atoms with Gasteiger partial charge in [-0.1, -0.05) is 23.4 Å². The molecule has 2 aromatic carbocycles. The summed E-state index contributed by atoms with van der Waals surface area (Å²) in [5, 5.41) is 8.22. The molecule has 7 nitrogen and oxygen atoms in total. The van der Waals surface area contributed by atoms with Gasteiger partial charge in [0.15, 0.2) is 0 Å². The SMILES string of the molecule is CCn1nnc2cc(C(=O)N3CCN(C(=O)c4ccccc4)CC3)ccc21. The first-order valence-corrected chi connectivity index (χ1v) is 9.14. The van der Waals surface area contributed by atoms with E-state index in [-0.39, 0.29) is 11.8 Å². The Bertz CT molecular complexity index is 974. The van der Waals surface area contributed by atoms with E-state index in [4.69, 9.17) is 0 Å². The lowest BCUT2D eigenvalue weighted by molar-refractivity contribution is 0.0535. The van der Waals surface area contributed by atoms with Crippen LogP contribution >= 0.6 is 0 Å². The highest BCUT2D eigenvalue weighted by atomic mass is 16.2. The van der Waals surface area contributed by atoms with Crippen LogP contribution in [0.1, 0.15) is 27.6 Å². The number of amides is 2. The molecule has 0 aliphatic carbocycles. The van der Waals surface area contributed by atoms with Crippen LogP contribution in [-0.4, -0.2) is 62.8 Å². The molecule has 138 valence electrons. The summed E-state index contributed by atoms with van der Waals surface area (Å²) in [5.41, 5.74) is 2.93. The van der Waals surface area contributed by atoms with Crippen molar-refractivity contribution in [2.24, 2.45) is 0 Å². The van der Waals surface area contributed by atoms with Crippen LogP contribution in [0.25, 0.3) is 11.0 Å². The Hall–Kier alpha value is -3.22. The summed E-state index contributed by atoms with van der Waals surface area (Å²) in [6.45, 7) is 4.86. The lowest BCUT2D eigenvalue weighted by Gasteiger charge is -2.34. The summed E-state index contributed by atoms with van der Waals surface area (Å²) < 4.78 is 1.80. The summed E-state index contributed by atoms with van der Waals surface area (Å²) >= 11 is 0. The van der Waals surface area contributed by atoms with Crippen LogP contribution in [0.15, 0.2) is 48.5 Å². The third kappa shape index (κ3) is 3.28. The average molecular weight is 363 g/mol. The normalized spacial score (nSPS) is 14.6. The molecule has 2 amide bonds. The number of piperazine rings is 1. The molecular formula is C20H21N5O2. The highest BCUT2D eigenvalue weighted by molar-refractivity contribution is 5.98. The fourth-order valence-corrected chi connectivity index (χ4v) is 3.40. The molecule has 0 atom stereocenters. The van der Waals surface area contributed by atoms with Crippen LogP contribution in [0.3, 0.4) is 0 Å². The Morgan fingerprint density at radius 3 is 2.15 bits per heavy atom. The Morgan fingerprint density at radius 2 is 1.52 bits per heavy atom. The van der Waals surface area contributed by atoms with Crippen LogP contribution in [0.2, 0.25) is 0 Å². The van der Waals surface area contributed by atoms with Crippen LogP contribution in [0.5, 0.6) is 0 Å². The molecular weight excluding hydrogens is 342 g/mol. The maximum atomic E-state index is 12.8. The number of carbonyl (C=O) groups excluding carboxylic acids is 2. The minimum atomic E-state index is -0.0326. The van der Waals surface area contributed by atoms with E-state index in [9.17, 15) is 9.59 Å². The van der Waals surface area contributed by atoms with Crippen molar-refractivity contribution >= 4 is 22.8 Å². The zero-order chi connectivity index (χ0) is 18.8. The Morgan fingerprint density at radius 1 is 0.889 bits per heavy atom. The van der Waals surface area contributed by atoms with Crippen LogP contribution < -0.4 is 0 Å². The van der Waals surface area contributed by atoms with Gasteiger partial charge in [-0.2, -0.15) is 0 Å². The fourth-order valence-electron chi connectivity index (χ4n) is 3.40. The van der Waals surface area contributed by atoms with Crippen LogP contribution in [0, 0.1) is 0 Å². The van der Waals surface area contributed by atoms with Gasteiger partial charge >= 0.3 is 0 Å². The van der Waals surface area contributed by atoms with Gasteiger partial charge in [-0.05, 0) is 37.3 Å². The molecule has 4 rings (SSSR count). The van der Waals surface area contributed by atoms with Crippen LogP contribution in [0.4, 0.5) is 0 Å². The van der Waals surface area contributed by atoms with E-state index < -0.39 is 0 Å². The number of carbonyl (C=O) groups is 2. The maximum Gasteiger partial charge on any atom is 0.254 e. The number of benzene rings is 2. The van der Waals surface area contributed by atoms with Gasteiger partial charge in [0.05, 0.1) is 5.52 Å². The molecule has 3 aromatic rings. The highest BCUT2D eigenvalue weighted by Gasteiger charge is 2.25. The van der Waals surface area contributed by atoms with Gasteiger partial charge in [-0.25, -0.2) is 4.68 Å². The molecule has 1 aliphatic rings. The number of rotatable bonds is 3. The lowest BCUT2D eigenvalue weighted by atomic mass is 10.1. The van der Waals surface area contributed by atoms with Gasteiger partial charge < -0.3 is 9.80 Å². The second-order valence-electron chi connectivity index (χ2n) is 6.56. The second kappa shape index (κ2) is 7.19. The van der Waals surface area contributed by atoms with Crippen molar-refractivity contribution in [2.45, 2.75) is 13.5 Å². The van der Waals surface area contributed by atoms with Crippen molar-refractivity contribution in [1.82, 2.24) is 24.8 Å². The largest absolute Gasteiger partial charge is 0.335 e. The van der Waals surface area contributed by atoms with Crippen molar-refractivity contribution in [3.05, 3.63) is 59.7 Å². The number of hydrogen-bond donors (Lipinski definition) is 0. The third-order valence-corrected chi connectivity index (χ3v) is 4.94. The van der Waals surface area contributed by atoms with Crippen molar-refractivity contribution in [3.8, 4) is 0 Å². The van der Waals surface area contributed by atoms with Gasteiger partial charge in [-0.15, -0.1) is 5.10 Å². The van der Waals surface area contributed by atoms with Crippen molar-refractivity contribution in [1.29, 1.82) is 0 Å². The molecule has 1 fully saturated rings. The maximum absolute atomic E-state index is 12.8. The monoisotopic (exact) mass is 363 g/mol. The topological polar surface area (TPSA) is 71.3 Å². The van der Waals surface area contributed by atoms with Gasteiger partial charge in [0, 0.05) is 43.9 Å². The van der Waals surface area contributed by atoms with E-state index in [0.29, 0.717) is 37.3 Å². The standard InChI is InChI=1S/C20H21N5O2/c1-2-25-18-9-8-16(14-17(18)21-22-25)20(27)24-12-10-23(11-13-24)19(26)15-6-4-3-5-7-15/h3-9,14H,2,10-13H2,1H3. The summed E-state index contributed by atoms with van der Waals surface area (Å²) in [4.78, 5) is 29.0. The number of aryl methyl sites for hydroxylation is 1. The number of nitrogens with zero attached hydrogens (tertiary/aromatic N) is 5. The summed E-state index contributed by atoms with van der Waals surface area (Å²) in [5.74, 6) is -0.0185. The van der Waals surface area contributed by atoms with E-state index >= 15 is 0 Å². The van der Waals surface area contributed by atoms with E-state index in [0.717, 1.165) is 17.6 Å².